The van der Waals surface area contributed by atoms with Gasteiger partial charge in [-0.3, -0.25) is 4.57 Å². The molecular formula is C13H18N3O4P. The zero-order valence-electron chi connectivity index (χ0n) is 12.2. The van der Waals surface area contributed by atoms with Crippen LogP contribution in [0.1, 0.15) is 13.8 Å². The van der Waals surface area contributed by atoms with Gasteiger partial charge in [-0.25, -0.2) is 4.68 Å². The molecule has 0 aliphatic carbocycles. The highest BCUT2D eigenvalue weighted by Gasteiger charge is 2.35. The summed E-state index contributed by atoms with van der Waals surface area (Å²) in [6.07, 6.45) is 0. The third-order valence-electron chi connectivity index (χ3n) is 2.60. The Morgan fingerprint density at radius 1 is 1.14 bits per heavy atom. The van der Waals surface area contributed by atoms with Gasteiger partial charge in [0.25, 0.3) is 0 Å². The molecule has 0 spiro atoms. The van der Waals surface area contributed by atoms with Crippen LogP contribution in [-0.2, 0) is 13.6 Å². The first-order chi connectivity index (χ1) is 10.1. The first-order valence-electron chi connectivity index (χ1n) is 6.60. The number of para-hydroxylation sites is 1. The number of nitrogens with zero attached hydrogens (tertiary/aromatic N) is 3. The lowest BCUT2D eigenvalue weighted by Crippen LogP contribution is -2.22. The van der Waals surface area contributed by atoms with Gasteiger partial charge in [-0.15, -0.1) is 5.10 Å². The Morgan fingerprint density at radius 2 is 1.76 bits per heavy atom. The van der Waals surface area contributed by atoms with E-state index in [1.807, 2.05) is 30.3 Å². The topological polar surface area (TPSA) is 75.5 Å². The van der Waals surface area contributed by atoms with Crippen LogP contribution in [-0.4, -0.2) is 35.1 Å². The second-order valence-electron chi connectivity index (χ2n) is 3.98. The Kier molecular flexibility index (Phi) is 5.12. The fourth-order valence-corrected chi connectivity index (χ4v) is 3.37. The molecular weight excluding hydrogens is 293 g/mol. The van der Waals surface area contributed by atoms with E-state index < -0.39 is 7.60 Å². The average molecular weight is 311 g/mol. The van der Waals surface area contributed by atoms with Gasteiger partial charge >= 0.3 is 13.6 Å². The molecule has 0 saturated heterocycles. The molecule has 0 saturated carbocycles. The number of ether oxygens (including phenoxy) is 1. The van der Waals surface area contributed by atoms with E-state index in [-0.39, 0.29) is 24.8 Å². The van der Waals surface area contributed by atoms with E-state index in [9.17, 15) is 4.57 Å². The van der Waals surface area contributed by atoms with Crippen molar-refractivity contribution in [3.63, 3.8) is 0 Å². The van der Waals surface area contributed by atoms with Gasteiger partial charge in [0, 0.05) is 0 Å². The van der Waals surface area contributed by atoms with Crippen LogP contribution < -0.4 is 10.3 Å². The van der Waals surface area contributed by atoms with Gasteiger partial charge in [0.2, 0.25) is 5.57 Å². The highest BCUT2D eigenvalue weighted by atomic mass is 31.2. The lowest BCUT2D eigenvalue weighted by atomic mass is 10.3. The zero-order chi connectivity index (χ0) is 15.3. The maximum atomic E-state index is 12.9. The minimum atomic E-state index is -3.56. The molecule has 2 rings (SSSR count). The number of hydrogen-bond acceptors (Lipinski definition) is 6. The normalized spacial score (nSPS) is 11.6. The van der Waals surface area contributed by atoms with E-state index in [4.69, 9.17) is 13.8 Å². The molecule has 0 N–H and O–H groups in total. The van der Waals surface area contributed by atoms with Crippen LogP contribution in [0.25, 0.3) is 5.69 Å². The van der Waals surface area contributed by atoms with Crippen LogP contribution >= 0.6 is 7.60 Å². The summed E-state index contributed by atoms with van der Waals surface area (Å²) >= 11 is 0. The van der Waals surface area contributed by atoms with Crippen LogP contribution in [0.4, 0.5) is 0 Å². The third-order valence-corrected chi connectivity index (χ3v) is 4.57. The summed E-state index contributed by atoms with van der Waals surface area (Å²) in [4.78, 5) is 4.13. The van der Waals surface area contributed by atoms with Gasteiger partial charge in [-0.1, -0.05) is 18.2 Å². The van der Waals surface area contributed by atoms with Crippen molar-refractivity contribution in [2.45, 2.75) is 13.8 Å². The summed E-state index contributed by atoms with van der Waals surface area (Å²) in [7, 11) is -2.11. The standard InChI is InChI=1S/C13H18N3O4P/c1-4-19-21(17,20-5-2)13-14-12(18-3)15-16(13)11-9-7-6-8-10-11/h6-10H,4-5H2,1-3H3. The molecule has 7 nitrogen and oxygen atoms in total. The lowest BCUT2D eigenvalue weighted by molar-refractivity contribution is 0.228. The van der Waals surface area contributed by atoms with E-state index in [0.717, 1.165) is 0 Å². The smallest absolute Gasteiger partial charge is 0.398 e. The molecule has 1 aromatic carbocycles. The zero-order valence-corrected chi connectivity index (χ0v) is 13.1. The fraction of sp³-hybridized carbons (Fsp3) is 0.385. The second-order valence-corrected chi connectivity index (χ2v) is 5.89. The van der Waals surface area contributed by atoms with E-state index in [0.29, 0.717) is 5.69 Å². The van der Waals surface area contributed by atoms with E-state index in [1.165, 1.54) is 11.8 Å². The van der Waals surface area contributed by atoms with Crippen LogP contribution in [0.15, 0.2) is 30.3 Å². The minimum Gasteiger partial charge on any atom is -0.466 e. The molecule has 21 heavy (non-hydrogen) atoms. The number of aromatic nitrogens is 3. The Bertz CT molecular complexity index is 620. The summed E-state index contributed by atoms with van der Waals surface area (Å²) in [5.74, 6) is 0. The first kappa shape index (κ1) is 15.7. The average Bonchev–Trinajstić information content (AvgIpc) is 2.94. The van der Waals surface area contributed by atoms with E-state index in [1.54, 1.807) is 13.8 Å². The van der Waals surface area contributed by atoms with Crippen molar-refractivity contribution in [1.29, 1.82) is 0 Å². The highest BCUT2D eigenvalue weighted by Crippen LogP contribution is 2.46. The van der Waals surface area contributed by atoms with Crippen molar-refractivity contribution in [3.05, 3.63) is 30.3 Å². The monoisotopic (exact) mass is 311 g/mol. The fourth-order valence-electron chi connectivity index (χ4n) is 1.78. The molecule has 0 aliphatic rings. The van der Waals surface area contributed by atoms with E-state index >= 15 is 0 Å². The molecule has 0 aliphatic heterocycles. The Balaban J connectivity index is 2.56. The largest absolute Gasteiger partial charge is 0.466 e. The maximum absolute atomic E-state index is 12.9. The highest BCUT2D eigenvalue weighted by molar-refractivity contribution is 7.61. The van der Waals surface area contributed by atoms with Crippen LogP contribution in [0.5, 0.6) is 6.01 Å². The molecule has 1 aromatic heterocycles. The van der Waals surface area contributed by atoms with Gasteiger partial charge in [0.05, 0.1) is 26.0 Å². The van der Waals surface area contributed by atoms with Crippen molar-refractivity contribution in [2.75, 3.05) is 20.3 Å². The predicted octanol–water partition coefficient (Wildman–Crippen LogP) is 2.17. The summed E-state index contributed by atoms with van der Waals surface area (Å²) in [6, 6.07) is 9.31. The van der Waals surface area contributed by atoms with Crippen molar-refractivity contribution < 1.29 is 18.3 Å². The SMILES string of the molecule is CCOP(=O)(OCC)c1nc(OC)nn1-c1ccccc1. The van der Waals surface area contributed by atoms with Crippen molar-refractivity contribution in [1.82, 2.24) is 14.8 Å². The van der Waals surface area contributed by atoms with E-state index in [2.05, 4.69) is 10.1 Å². The van der Waals surface area contributed by atoms with Gasteiger partial charge in [-0.05, 0) is 26.0 Å². The van der Waals surface area contributed by atoms with Gasteiger partial charge in [0.15, 0.2) is 0 Å². The number of benzene rings is 1. The molecule has 2 aromatic rings. The molecule has 0 atom stereocenters. The second kappa shape index (κ2) is 6.85. The third kappa shape index (κ3) is 3.32. The summed E-state index contributed by atoms with van der Waals surface area (Å²) in [5.41, 5.74) is 0.803. The van der Waals surface area contributed by atoms with Crippen LogP contribution in [0, 0.1) is 0 Å². The quantitative estimate of drug-likeness (QED) is 0.729. The van der Waals surface area contributed by atoms with Gasteiger partial charge in [-0.2, -0.15) is 4.98 Å². The summed E-state index contributed by atoms with van der Waals surface area (Å²) < 4.78 is 30.0. The van der Waals surface area contributed by atoms with Crippen LogP contribution in [0.3, 0.4) is 0 Å². The van der Waals surface area contributed by atoms with Crippen molar-refractivity contribution in [2.24, 2.45) is 0 Å². The summed E-state index contributed by atoms with van der Waals surface area (Å²) in [6.45, 7) is 3.96. The summed E-state index contributed by atoms with van der Waals surface area (Å²) in [5, 5.41) is 4.18. The molecule has 0 fully saturated rings. The van der Waals surface area contributed by atoms with Gasteiger partial charge < -0.3 is 13.8 Å². The first-order valence-corrected chi connectivity index (χ1v) is 8.15. The molecule has 0 amide bonds. The van der Waals surface area contributed by atoms with Crippen LogP contribution in [0.2, 0.25) is 0 Å². The number of methoxy groups -OCH3 is 1. The molecule has 0 radical (unpaired) electrons. The lowest BCUT2D eigenvalue weighted by Gasteiger charge is -2.16. The Labute approximate surface area is 123 Å². The molecule has 1 heterocycles. The maximum Gasteiger partial charge on any atom is 0.398 e. The van der Waals surface area contributed by atoms with Crippen molar-refractivity contribution in [3.8, 4) is 11.7 Å². The number of rotatable bonds is 7. The molecule has 8 heteroatoms. The Hall–Kier alpha value is -1.69. The van der Waals surface area contributed by atoms with Gasteiger partial charge in [0.1, 0.15) is 0 Å². The Morgan fingerprint density at radius 3 is 2.29 bits per heavy atom. The predicted molar refractivity (Wildman–Crippen MR) is 78.4 cm³/mol. The minimum absolute atomic E-state index is 0.105. The molecule has 114 valence electrons. The van der Waals surface area contributed by atoms with Crippen molar-refractivity contribution >= 4 is 13.2 Å². The number of hydrogen-bond donors (Lipinski definition) is 0. The molecule has 0 unspecified atom stereocenters. The molecule has 0 bridgehead atoms.